The maximum atomic E-state index is 5.64. The first kappa shape index (κ1) is 21.5. The van der Waals surface area contributed by atoms with Crippen LogP contribution >= 0.6 is 0 Å². The zero-order valence-corrected chi connectivity index (χ0v) is 17.2. The van der Waals surface area contributed by atoms with Gasteiger partial charge in [0, 0.05) is 26.1 Å². The smallest absolute Gasteiger partial charge is 0.228 e. The third-order valence-corrected chi connectivity index (χ3v) is 3.97. The van der Waals surface area contributed by atoms with Gasteiger partial charge in [-0.05, 0) is 51.3 Å². The van der Waals surface area contributed by atoms with E-state index in [9.17, 15) is 0 Å². The number of aryl methyl sites for hydroxylation is 2. The van der Waals surface area contributed by atoms with Crippen LogP contribution in [0.25, 0.3) is 0 Å². The molecule has 154 valence electrons. The molecule has 0 fully saturated rings. The molecule has 0 amide bonds. The van der Waals surface area contributed by atoms with Gasteiger partial charge in [-0.3, -0.25) is 4.99 Å². The van der Waals surface area contributed by atoms with Crippen LogP contribution in [-0.4, -0.2) is 49.5 Å². The van der Waals surface area contributed by atoms with E-state index in [1.54, 1.807) is 7.11 Å². The molecular weight excluding hydrogens is 358 g/mol. The highest BCUT2D eigenvalue weighted by atomic mass is 16.5. The summed E-state index contributed by atoms with van der Waals surface area (Å²) in [6.07, 6.45) is 2.53. The van der Waals surface area contributed by atoms with Gasteiger partial charge >= 0.3 is 0 Å². The molecule has 0 atom stereocenters. The van der Waals surface area contributed by atoms with E-state index in [2.05, 4.69) is 31.8 Å². The Kier molecular flexibility index (Phi) is 9.10. The van der Waals surface area contributed by atoms with Crippen LogP contribution in [0.3, 0.4) is 0 Å². The minimum Gasteiger partial charge on any atom is -0.493 e. The van der Waals surface area contributed by atoms with E-state index in [0.717, 1.165) is 43.4 Å². The van der Waals surface area contributed by atoms with Crippen LogP contribution in [0.4, 0.5) is 0 Å². The number of aliphatic imine (C=N–C) groups is 1. The number of benzene rings is 1. The molecule has 0 saturated heterocycles. The van der Waals surface area contributed by atoms with Gasteiger partial charge in [0.1, 0.15) is 0 Å². The lowest BCUT2D eigenvalue weighted by atomic mass is 10.1. The molecule has 2 N–H and O–H groups in total. The molecule has 28 heavy (non-hydrogen) atoms. The molecule has 0 saturated carbocycles. The van der Waals surface area contributed by atoms with Crippen molar-refractivity contribution >= 4 is 5.96 Å². The largest absolute Gasteiger partial charge is 0.493 e. The number of guanidine groups is 1. The van der Waals surface area contributed by atoms with Gasteiger partial charge in [-0.25, -0.2) is 0 Å². The Bertz CT molecular complexity index is 745. The predicted molar refractivity (Wildman–Crippen MR) is 109 cm³/mol. The highest BCUT2D eigenvalue weighted by Gasteiger charge is 2.06. The summed E-state index contributed by atoms with van der Waals surface area (Å²) in [6, 6.07) is 6.07. The third-order valence-electron chi connectivity index (χ3n) is 3.97. The second-order valence-electron chi connectivity index (χ2n) is 6.19. The Morgan fingerprint density at radius 3 is 2.71 bits per heavy atom. The van der Waals surface area contributed by atoms with Crippen molar-refractivity contribution in [2.45, 2.75) is 40.0 Å². The zero-order valence-electron chi connectivity index (χ0n) is 17.2. The summed E-state index contributed by atoms with van der Waals surface area (Å²) < 4.78 is 16.1. The van der Waals surface area contributed by atoms with Crippen LogP contribution in [0.2, 0.25) is 0 Å². The summed E-state index contributed by atoms with van der Waals surface area (Å²) in [4.78, 5) is 8.83. The normalized spacial score (nSPS) is 11.4. The molecule has 0 spiro atoms. The van der Waals surface area contributed by atoms with Crippen molar-refractivity contribution in [2.75, 3.05) is 33.4 Å². The van der Waals surface area contributed by atoms with Crippen LogP contribution in [0.5, 0.6) is 11.5 Å². The van der Waals surface area contributed by atoms with Crippen molar-refractivity contribution in [3.63, 3.8) is 0 Å². The average molecular weight is 390 g/mol. The summed E-state index contributed by atoms with van der Waals surface area (Å²) in [5.74, 6) is 3.63. The molecule has 0 unspecified atom stereocenters. The van der Waals surface area contributed by atoms with Crippen molar-refractivity contribution in [2.24, 2.45) is 4.99 Å². The highest BCUT2D eigenvalue weighted by Crippen LogP contribution is 2.28. The second-order valence-corrected chi connectivity index (χ2v) is 6.19. The Hall–Kier alpha value is -2.77. The van der Waals surface area contributed by atoms with E-state index >= 15 is 0 Å². The number of ether oxygens (including phenoxy) is 2. The summed E-state index contributed by atoms with van der Waals surface area (Å²) in [5, 5.41) is 10.3. The van der Waals surface area contributed by atoms with Crippen molar-refractivity contribution < 1.29 is 14.0 Å². The van der Waals surface area contributed by atoms with Gasteiger partial charge in [0.25, 0.3) is 0 Å². The Balaban J connectivity index is 1.80. The standard InChI is InChI=1S/C20H31N5O3/c1-5-21-20(23-13-11-19-24-15(3)25-28-19)22-12-7-8-16-9-10-17(26-4)18(14-16)27-6-2/h9-10,14H,5-8,11-13H2,1-4H3,(H2,21,22,23). The lowest BCUT2D eigenvalue weighted by Crippen LogP contribution is -2.38. The van der Waals surface area contributed by atoms with Crippen LogP contribution in [-0.2, 0) is 12.8 Å². The number of nitrogens with zero attached hydrogens (tertiary/aromatic N) is 3. The number of rotatable bonds is 11. The van der Waals surface area contributed by atoms with Crippen molar-refractivity contribution in [3.8, 4) is 11.5 Å². The van der Waals surface area contributed by atoms with Gasteiger partial charge < -0.3 is 24.6 Å². The topological polar surface area (TPSA) is 93.8 Å². The first-order chi connectivity index (χ1) is 13.7. The first-order valence-corrected chi connectivity index (χ1v) is 9.77. The number of aromatic nitrogens is 2. The van der Waals surface area contributed by atoms with Gasteiger partial charge in [-0.1, -0.05) is 11.2 Å². The summed E-state index contributed by atoms with van der Waals surface area (Å²) >= 11 is 0. The summed E-state index contributed by atoms with van der Waals surface area (Å²) in [7, 11) is 1.65. The van der Waals surface area contributed by atoms with Crippen LogP contribution in [0.1, 0.15) is 37.5 Å². The molecule has 0 aliphatic carbocycles. The number of methoxy groups -OCH3 is 1. The van der Waals surface area contributed by atoms with Gasteiger partial charge in [0.2, 0.25) is 5.89 Å². The average Bonchev–Trinajstić information content (AvgIpc) is 3.10. The fourth-order valence-electron chi connectivity index (χ4n) is 2.69. The molecule has 2 rings (SSSR count). The maximum absolute atomic E-state index is 5.64. The Labute approximate surface area is 166 Å². The van der Waals surface area contributed by atoms with Gasteiger partial charge in [0.15, 0.2) is 23.3 Å². The monoisotopic (exact) mass is 389 g/mol. The van der Waals surface area contributed by atoms with Crippen molar-refractivity contribution in [1.29, 1.82) is 0 Å². The molecule has 0 aliphatic heterocycles. The van der Waals surface area contributed by atoms with Crippen LogP contribution < -0.4 is 20.1 Å². The molecule has 0 aliphatic rings. The third kappa shape index (κ3) is 7.09. The molecule has 1 heterocycles. The Morgan fingerprint density at radius 2 is 2.04 bits per heavy atom. The SMILES string of the molecule is CCNC(=NCCCc1ccc(OC)c(OCC)c1)NCCc1nc(C)no1. The van der Waals surface area contributed by atoms with Crippen molar-refractivity contribution in [1.82, 2.24) is 20.8 Å². The van der Waals surface area contributed by atoms with E-state index in [4.69, 9.17) is 14.0 Å². The summed E-state index contributed by atoms with van der Waals surface area (Å²) in [5.41, 5.74) is 1.21. The minimum absolute atomic E-state index is 0.616. The second kappa shape index (κ2) is 11.8. The lowest BCUT2D eigenvalue weighted by Gasteiger charge is -2.11. The molecule has 0 radical (unpaired) electrons. The fraction of sp³-hybridized carbons (Fsp3) is 0.550. The number of nitrogens with one attached hydrogen (secondary N) is 2. The van der Waals surface area contributed by atoms with Gasteiger partial charge in [0.05, 0.1) is 13.7 Å². The predicted octanol–water partition coefficient (Wildman–Crippen LogP) is 2.52. The minimum atomic E-state index is 0.616. The van der Waals surface area contributed by atoms with E-state index in [1.807, 2.05) is 32.9 Å². The number of hydrogen-bond acceptors (Lipinski definition) is 6. The van der Waals surface area contributed by atoms with Crippen LogP contribution in [0.15, 0.2) is 27.7 Å². The number of hydrogen-bond donors (Lipinski definition) is 2. The van der Waals surface area contributed by atoms with E-state index in [-0.39, 0.29) is 0 Å². The lowest BCUT2D eigenvalue weighted by molar-refractivity contribution is 0.310. The highest BCUT2D eigenvalue weighted by molar-refractivity contribution is 5.79. The van der Waals surface area contributed by atoms with Gasteiger partial charge in [-0.15, -0.1) is 0 Å². The summed E-state index contributed by atoms with van der Waals surface area (Å²) in [6.45, 7) is 8.66. The van der Waals surface area contributed by atoms with E-state index in [0.29, 0.717) is 31.3 Å². The Morgan fingerprint density at radius 1 is 1.18 bits per heavy atom. The van der Waals surface area contributed by atoms with E-state index in [1.165, 1.54) is 5.56 Å². The molecule has 1 aromatic carbocycles. The van der Waals surface area contributed by atoms with E-state index < -0.39 is 0 Å². The molecule has 8 nitrogen and oxygen atoms in total. The molecule has 1 aromatic heterocycles. The maximum Gasteiger partial charge on any atom is 0.228 e. The van der Waals surface area contributed by atoms with Crippen LogP contribution in [0, 0.1) is 6.92 Å². The zero-order chi connectivity index (χ0) is 20.2. The molecular formula is C20H31N5O3. The fourth-order valence-corrected chi connectivity index (χ4v) is 2.69. The molecule has 0 bridgehead atoms. The first-order valence-electron chi connectivity index (χ1n) is 9.77. The van der Waals surface area contributed by atoms with Gasteiger partial charge in [-0.2, -0.15) is 4.98 Å². The molecule has 2 aromatic rings. The molecule has 8 heteroatoms. The van der Waals surface area contributed by atoms with Crippen molar-refractivity contribution in [3.05, 3.63) is 35.5 Å². The quantitative estimate of drug-likeness (QED) is 0.346.